The first kappa shape index (κ1) is 20.6. The third-order valence-corrected chi connectivity index (χ3v) is 7.52. The number of rotatable bonds is 4. The van der Waals surface area contributed by atoms with Crippen LogP contribution in [0, 0.1) is 5.82 Å². The van der Waals surface area contributed by atoms with Crippen molar-refractivity contribution in [2.24, 2.45) is 0 Å². The van der Waals surface area contributed by atoms with Gasteiger partial charge in [0.25, 0.3) is 0 Å². The van der Waals surface area contributed by atoms with Crippen molar-refractivity contribution in [1.82, 2.24) is 19.7 Å². The Labute approximate surface area is 194 Å². The van der Waals surface area contributed by atoms with E-state index in [1.165, 1.54) is 39.0 Å². The average Bonchev–Trinajstić information content (AvgIpc) is 3.29. The molecule has 33 heavy (non-hydrogen) atoms. The Morgan fingerprint density at radius 2 is 1.61 bits per heavy atom. The fourth-order valence-electron chi connectivity index (χ4n) is 5.28. The highest BCUT2D eigenvalue weighted by atomic mass is 19.1. The molecular formula is C27H30FN5. The lowest BCUT2D eigenvalue weighted by Gasteiger charge is -2.48. The average molecular weight is 444 g/mol. The minimum atomic E-state index is -0.249. The standard InChI is InChI=1S/C27H30FN5/c1-30-11-13-31(14-12-30)22-17-23(18-22)32-15-16-33(19-32)25-10-8-21-7-9-24(29-27(21)26(25)28)20-5-3-2-4-6-20/h2-10,15-16,22-23H,11-14,17-19H2,1H3. The van der Waals surface area contributed by atoms with Crippen LogP contribution in [0.15, 0.2) is 67.0 Å². The molecule has 0 spiro atoms. The van der Waals surface area contributed by atoms with E-state index >= 15 is 4.39 Å². The summed E-state index contributed by atoms with van der Waals surface area (Å²) in [6.45, 7) is 5.38. The van der Waals surface area contributed by atoms with Crippen LogP contribution in [-0.4, -0.2) is 71.7 Å². The lowest BCUT2D eigenvalue weighted by molar-refractivity contribution is 0.0263. The van der Waals surface area contributed by atoms with E-state index in [0.29, 0.717) is 30.0 Å². The van der Waals surface area contributed by atoms with Gasteiger partial charge in [-0.25, -0.2) is 9.37 Å². The number of fused-ring (bicyclic) bond motifs is 1. The number of anilines is 1. The smallest absolute Gasteiger partial charge is 0.173 e. The van der Waals surface area contributed by atoms with Crippen molar-refractivity contribution < 1.29 is 4.39 Å². The van der Waals surface area contributed by atoms with E-state index < -0.39 is 0 Å². The number of benzene rings is 2. The largest absolute Gasteiger partial charge is 0.355 e. The summed E-state index contributed by atoms with van der Waals surface area (Å²) in [5, 5.41) is 0.824. The number of likely N-dealkylation sites (N-methyl/N-ethyl adjacent to an activating group) is 1. The molecule has 1 saturated heterocycles. The molecule has 5 nitrogen and oxygen atoms in total. The predicted octanol–water partition coefficient (Wildman–Crippen LogP) is 4.37. The Morgan fingerprint density at radius 3 is 2.39 bits per heavy atom. The van der Waals surface area contributed by atoms with Crippen LogP contribution in [-0.2, 0) is 0 Å². The zero-order valence-electron chi connectivity index (χ0n) is 19.1. The molecule has 1 aliphatic carbocycles. The van der Waals surface area contributed by atoms with E-state index in [1.807, 2.05) is 65.7 Å². The summed E-state index contributed by atoms with van der Waals surface area (Å²) in [7, 11) is 2.20. The quantitative estimate of drug-likeness (QED) is 0.597. The highest BCUT2D eigenvalue weighted by Crippen LogP contribution is 2.35. The Bertz CT molecular complexity index is 1170. The van der Waals surface area contributed by atoms with E-state index in [2.05, 4.69) is 32.9 Å². The van der Waals surface area contributed by atoms with Gasteiger partial charge in [0.05, 0.1) is 18.1 Å². The predicted molar refractivity (Wildman–Crippen MR) is 131 cm³/mol. The second-order valence-electron chi connectivity index (χ2n) is 9.57. The van der Waals surface area contributed by atoms with E-state index in [9.17, 15) is 0 Å². The molecule has 2 aliphatic heterocycles. The van der Waals surface area contributed by atoms with E-state index in [1.54, 1.807) is 0 Å². The molecule has 0 amide bonds. The van der Waals surface area contributed by atoms with Crippen LogP contribution in [0.1, 0.15) is 12.8 Å². The molecule has 6 rings (SSSR count). The van der Waals surface area contributed by atoms with Crippen LogP contribution in [0.2, 0.25) is 0 Å². The van der Waals surface area contributed by atoms with E-state index in [4.69, 9.17) is 0 Å². The number of hydrogen-bond acceptors (Lipinski definition) is 5. The molecule has 2 aromatic carbocycles. The fourth-order valence-corrected chi connectivity index (χ4v) is 5.28. The summed E-state index contributed by atoms with van der Waals surface area (Å²) in [4.78, 5) is 14.1. The normalized spacial score (nSPS) is 23.9. The molecule has 1 aromatic heterocycles. The van der Waals surface area contributed by atoms with Crippen molar-refractivity contribution in [2.75, 3.05) is 44.8 Å². The Kier molecular flexibility index (Phi) is 5.27. The summed E-state index contributed by atoms with van der Waals surface area (Å²) < 4.78 is 15.6. The molecule has 170 valence electrons. The maximum atomic E-state index is 15.6. The van der Waals surface area contributed by atoms with Gasteiger partial charge >= 0.3 is 0 Å². The Balaban J connectivity index is 1.15. The SMILES string of the molecule is CN1CCN(C2CC(N3C=CN(c4ccc5ccc(-c6ccccc6)nc5c4F)C3)C2)CC1. The van der Waals surface area contributed by atoms with Gasteiger partial charge in [-0.1, -0.05) is 42.5 Å². The van der Waals surface area contributed by atoms with E-state index in [0.717, 1.165) is 16.6 Å². The van der Waals surface area contributed by atoms with Crippen LogP contribution >= 0.6 is 0 Å². The van der Waals surface area contributed by atoms with Crippen LogP contribution in [0.3, 0.4) is 0 Å². The molecule has 0 atom stereocenters. The maximum absolute atomic E-state index is 15.6. The van der Waals surface area contributed by atoms with Gasteiger partial charge < -0.3 is 14.7 Å². The maximum Gasteiger partial charge on any atom is 0.173 e. The van der Waals surface area contributed by atoms with Crippen molar-refractivity contribution >= 4 is 16.6 Å². The first-order chi connectivity index (χ1) is 16.2. The summed E-state index contributed by atoms with van der Waals surface area (Å²) in [5.41, 5.74) is 2.81. The van der Waals surface area contributed by atoms with Crippen molar-refractivity contribution in [1.29, 1.82) is 0 Å². The van der Waals surface area contributed by atoms with Gasteiger partial charge in [-0.3, -0.25) is 4.90 Å². The number of hydrogen-bond donors (Lipinski definition) is 0. The number of nitrogens with zero attached hydrogens (tertiary/aromatic N) is 5. The lowest BCUT2D eigenvalue weighted by atomic mass is 9.84. The summed E-state index contributed by atoms with van der Waals surface area (Å²) in [6, 6.07) is 18.9. The third-order valence-electron chi connectivity index (χ3n) is 7.52. The summed E-state index contributed by atoms with van der Waals surface area (Å²) >= 11 is 0. The molecule has 2 fully saturated rings. The van der Waals surface area contributed by atoms with Crippen LogP contribution in [0.4, 0.5) is 10.1 Å². The molecule has 1 saturated carbocycles. The molecule has 3 heterocycles. The molecule has 6 heteroatoms. The zero-order chi connectivity index (χ0) is 22.4. The minimum Gasteiger partial charge on any atom is -0.355 e. The highest BCUT2D eigenvalue weighted by Gasteiger charge is 2.38. The van der Waals surface area contributed by atoms with Crippen LogP contribution < -0.4 is 4.90 Å². The minimum absolute atomic E-state index is 0.249. The van der Waals surface area contributed by atoms with Gasteiger partial charge in [0, 0.05) is 61.6 Å². The topological polar surface area (TPSA) is 25.9 Å². The lowest BCUT2D eigenvalue weighted by Crippen LogP contribution is -2.57. The molecule has 0 bridgehead atoms. The van der Waals surface area contributed by atoms with Crippen molar-refractivity contribution in [3.63, 3.8) is 0 Å². The summed E-state index contributed by atoms with van der Waals surface area (Å²) in [5.74, 6) is -0.249. The fraction of sp³-hybridized carbons (Fsp3) is 0.370. The van der Waals surface area contributed by atoms with Crippen LogP contribution in [0.25, 0.3) is 22.2 Å². The van der Waals surface area contributed by atoms with Gasteiger partial charge in [-0.05, 0) is 32.0 Å². The Morgan fingerprint density at radius 1 is 0.848 bits per heavy atom. The second-order valence-corrected chi connectivity index (χ2v) is 9.57. The van der Waals surface area contributed by atoms with Crippen molar-refractivity contribution in [2.45, 2.75) is 24.9 Å². The molecule has 0 unspecified atom stereocenters. The van der Waals surface area contributed by atoms with Gasteiger partial charge in [-0.15, -0.1) is 0 Å². The first-order valence-corrected chi connectivity index (χ1v) is 11.9. The van der Waals surface area contributed by atoms with Crippen molar-refractivity contribution in [3.8, 4) is 11.3 Å². The molecule has 3 aromatic rings. The molecular weight excluding hydrogens is 413 g/mol. The first-order valence-electron chi connectivity index (χ1n) is 11.9. The number of halogens is 1. The van der Waals surface area contributed by atoms with Crippen molar-refractivity contribution in [3.05, 3.63) is 72.8 Å². The van der Waals surface area contributed by atoms with Gasteiger partial charge in [0.2, 0.25) is 0 Å². The Hall–Kier alpha value is -2.96. The third kappa shape index (κ3) is 3.87. The highest BCUT2D eigenvalue weighted by molar-refractivity contribution is 5.86. The number of piperazine rings is 1. The summed E-state index contributed by atoms with van der Waals surface area (Å²) in [6.07, 6.45) is 6.53. The van der Waals surface area contributed by atoms with Gasteiger partial charge in [0.15, 0.2) is 5.82 Å². The second kappa shape index (κ2) is 8.43. The van der Waals surface area contributed by atoms with Gasteiger partial charge in [-0.2, -0.15) is 0 Å². The number of aromatic nitrogens is 1. The van der Waals surface area contributed by atoms with Gasteiger partial charge in [0.1, 0.15) is 5.52 Å². The van der Waals surface area contributed by atoms with E-state index in [-0.39, 0.29) is 5.82 Å². The molecule has 0 radical (unpaired) electrons. The van der Waals surface area contributed by atoms with Crippen LogP contribution in [0.5, 0.6) is 0 Å². The zero-order valence-corrected chi connectivity index (χ0v) is 19.1. The number of pyridine rings is 1. The monoisotopic (exact) mass is 443 g/mol. The molecule has 0 N–H and O–H groups in total. The molecule has 3 aliphatic rings.